The summed E-state index contributed by atoms with van der Waals surface area (Å²) in [5.74, 6) is -0.583. The first-order valence-corrected chi connectivity index (χ1v) is 7.29. The summed E-state index contributed by atoms with van der Waals surface area (Å²) in [6.07, 6.45) is 18.0. The predicted molar refractivity (Wildman–Crippen MR) is 99.2 cm³/mol. The smallest absolute Gasteiger partial charge is 0.0456 e. The molecule has 1 N–H and O–H groups in total. The van der Waals surface area contributed by atoms with Crippen LogP contribution in [0.5, 0.6) is 0 Å². The molecule has 3 heteroatoms. The molecule has 0 aromatic rings. The van der Waals surface area contributed by atoms with Crippen molar-refractivity contribution in [3.8, 4) is 0 Å². The monoisotopic (exact) mass is 384 g/mol. The number of carbonyl (C=O) groups excluding carboxylic acids is 1. The van der Waals surface area contributed by atoms with E-state index in [1.165, 1.54) is 6.92 Å². The van der Waals surface area contributed by atoms with Gasteiger partial charge in [0.15, 0.2) is 0 Å². The maximum atomic E-state index is 9.11. The Morgan fingerprint density at radius 3 is 1.18 bits per heavy atom. The van der Waals surface area contributed by atoms with Gasteiger partial charge in [-0.25, -0.2) is 12.2 Å². The van der Waals surface area contributed by atoms with Crippen molar-refractivity contribution < 1.29 is 37.5 Å². The molecule has 0 fully saturated rings. The molecular weight excluding hydrogens is 347 g/mol. The van der Waals surface area contributed by atoms with Gasteiger partial charge in [-0.05, 0) is 6.92 Å². The van der Waals surface area contributed by atoms with E-state index in [-0.39, 0.29) is 32.7 Å². The second-order valence-corrected chi connectivity index (χ2v) is 3.87. The van der Waals surface area contributed by atoms with Gasteiger partial charge in [-0.2, -0.15) is 61.5 Å². The molecule has 1 amide bonds. The van der Waals surface area contributed by atoms with Crippen molar-refractivity contribution >= 4 is 5.91 Å². The first kappa shape index (κ1) is 37.9. The SMILES string of the molecule is CC([NH-])=O.C[CH-]C.C[CH-]C.C[CH-]C.C[CH-]C.[C-]1=CC=CC1.[Y]. The molecule has 0 aliphatic heterocycles. The molecule has 22 heavy (non-hydrogen) atoms. The first-order valence-electron chi connectivity index (χ1n) is 7.29. The zero-order valence-electron chi connectivity index (χ0n) is 16.2. The van der Waals surface area contributed by atoms with E-state index in [2.05, 4.69) is 12.2 Å². The van der Waals surface area contributed by atoms with E-state index in [0.717, 1.165) is 6.42 Å². The van der Waals surface area contributed by atoms with Gasteiger partial charge in [-0.3, -0.25) is 6.08 Å². The van der Waals surface area contributed by atoms with Crippen LogP contribution < -0.4 is 0 Å². The zero-order valence-corrected chi connectivity index (χ0v) is 19.1. The minimum absolute atomic E-state index is 0. The van der Waals surface area contributed by atoms with E-state index in [0.29, 0.717) is 0 Å². The molecular formula is C19H37NOY-6. The number of amides is 1. The molecule has 1 radical (unpaired) electrons. The molecule has 1 rings (SSSR count). The van der Waals surface area contributed by atoms with Crippen LogP contribution in [0.1, 0.15) is 68.7 Å². The van der Waals surface area contributed by atoms with Crippen LogP contribution in [0.3, 0.4) is 0 Å². The minimum atomic E-state index is -0.583. The zero-order chi connectivity index (χ0) is 17.9. The number of rotatable bonds is 0. The maximum Gasteiger partial charge on any atom is 0.0456 e. The largest absolute Gasteiger partial charge is 0.668 e. The maximum absolute atomic E-state index is 9.11. The van der Waals surface area contributed by atoms with Gasteiger partial charge in [0.2, 0.25) is 0 Å². The van der Waals surface area contributed by atoms with Crippen molar-refractivity contribution in [3.63, 3.8) is 0 Å². The molecule has 1 aliphatic carbocycles. The third-order valence-electron chi connectivity index (χ3n) is 0.586. The van der Waals surface area contributed by atoms with Gasteiger partial charge < -0.3 is 36.2 Å². The number of carbonyl (C=O) groups is 1. The summed E-state index contributed by atoms with van der Waals surface area (Å²) in [6.45, 7) is 17.2. The fourth-order valence-electron chi connectivity index (χ4n) is 0.340. The summed E-state index contributed by atoms with van der Waals surface area (Å²) >= 11 is 0. The summed E-state index contributed by atoms with van der Waals surface area (Å²) in [6, 6.07) is 0. The second-order valence-electron chi connectivity index (χ2n) is 3.87. The Kier molecular flexibility index (Phi) is 100. The summed E-state index contributed by atoms with van der Waals surface area (Å²) < 4.78 is 0. The Balaban J connectivity index is -0.0000000353. The Bertz CT molecular complexity index is 168. The molecule has 0 heterocycles. The minimum Gasteiger partial charge on any atom is -0.668 e. The van der Waals surface area contributed by atoms with E-state index in [1.807, 2.05) is 93.2 Å². The average molecular weight is 384 g/mol. The second kappa shape index (κ2) is 58.3. The van der Waals surface area contributed by atoms with Crippen molar-refractivity contribution in [1.29, 1.82) is 0 Å². The van der Waals surface area contributed by atoms with Crippen LogP contribution in [0.15, 0.2) is 18.2 Å². The molecule has 2 nitrogen and oxygen atoms in total. The van der Waals surface area contributed by atoms with Crippen molar-refractivity contribution in [2.75, 3.05) is 0 Å². The predicted octanol–water partition coefficient (Wildman–Crippen LogP) is 6.81. The van der Waals surface area contributed by atoms with Crippen LogP contribution in [0, 0.1) is 31.8 Å². The fourth-order valence-corrected chi connectivity index (χ4v) is 0.340. The van der Waals surface area contributed by atoms with Crippen LogP contribution in [0.25, 0.3) is 5.73 Å². The molecule has 0 unspecified atom stereocenters. The quantitative estimate of drug-likeness (QED) is 0.423. The summed E-state index contributed by atoms with van der Waals surface area (Å²) in [5, 5.41) is 0. The average Bonchev–Trinajstić information content (AvgIpc) is 2.89. The number of hydrogen-bond acceptors (Lipinski definition) is 1. The van der Waals surface area contributed by atoms with Crippen LogP contribution in [-0.4, -0.2) is 5.91 Å². The third-order valence-corrected chi connectivity index (χ3v) is 0.586. The van der Waals surface area contributed by atoms with Gasteiger partial charge in [-0.15, -0.1) is 6.42 Å². The van der Waals surface area contributed by atoms with Gasteiger partial charge >= 0.3 is 0 Å². The Morgan fingerprint density at radius 1 is 0.909 bits per heavy atom. The standard InChI is InChI=1S/C5H5.4C3H7.C2H5NO.Y/c1-2-4-5-3-1;4*1-3-2;1-2(3)4;/h1-3H,4H2;4*3H,1-2H3;1H3,(H2,3,4);/q5*-1;;/p-1. The van der Waals surface area contributed by atoms with Gasteiger partial charge in [0, 0.05) is 38.6 Å². The van der Waals surface area contributed by atoms with E-state index in [9.17, 15) is 0 Å². The Morgan fingerprint density at radius 2 is 1.14 bits per heavy atom. The molecule has 0 saturated carbocycles. The fraction of sp³-hybridized carbons (Fsp3) is 0.526. The van der Waals surface area contributed by atoms with Crippen LogP contribution in [0.2, 0.25) is 0 Å². The molecule has 0 aromatic heterocycles. The van der Waals surface area contributed by atoms with Crippen LogP contribution in [0.4, 0.5) is 0 Å². The number of nitrogens with one attached hydrogen (secondary N) is 1. The topological polar surface area (TPSA) is 40.9 Å². The van der Waals surface area contributed by atoms with Gasteiger partial charge in [0.1, 0.15) is 0 Å². The van der Waals surface area contributed by atoms with Crippen molar-refractivity contribution in [3.05, 3.63) is 55.7 Å². The van der Waals surface area contributed by atoms with Crippen LogP contribution in [-0.2, 0) is 37.5 Å². The van der Waals surface area contributed by atoms with Gasteiger partial charge in [0.25, 0.3) is 0 Å². The number of hydrogen-bond donors (Lipinski definition) is 0. The molecule has 0 bridgehead atoms. The van der Waals surface area contributed by atoms with E-state index in [4.69, 9.17) is 10.5 Å². The number of allylic oxidation sites excluding steroid dienone is 4. The normalized spacial score (nSPS) is 8.41. The van der Waals surface area contributed by atoms with Crippen LogP contribution >= 0.6 is 0 Å². The van der Waals surface area contributed by atoms with Gasteiger partial charge in [-0.1, -0.05) is 0 Å². The molecule has 0 spiro atoms. The van der Waals surface area contributed by atoms with Crippen molar-refractivity contribution in [2.24, 2.45) is 0 Å². The van der Waals surface area contributed by atoms with Crippen molar-refractivity contribution in [2.45, 2.75) is 68.7 Å². The van der Waals surface area contributed by atoms with E-state index < -0.39 is 5.91 Å². The van der Waals surface area contributed by atoms with Crippen molar-refractivity contribution in [1.82, 2.24) is 0 Å². The molecule has 0 atom stereocenters. The first-order chi connectivity index (χ1) is 9.89. The molecule has 0 saturated heterocycles. The summed E-state index contributed by atoms with van der Waals surface area (Å²) in [4.78, 5) is 9.11. The molecule has 1 aliphatic rings. The van der Waals surface area contributed by atoms with E-state index >= 15 is 0 Å². The third kappa shape index (κ3) is 285. The molecule has 133 valence electrons. The van der Waals surface area contributed by atoms with E-state index in [1.54, 1.807) is 0 Å². The summed E-state index contributed by atoms with van der Waals surface area (Å²) in [5.41, 5.74) is 5.94. The Hall–Kier alpha value is 0.0539. The molecule has 0 aromatic carbocycles. The Labute approximate surface area is 167 Å². The summed E-state index contributed by atoms with van der Waals surface area (Å²) in [7, 11) is 0. The van der Waals surface area contributed by atoms with Gasteiger partial charge in [0.05, 0.1) is 0 Å².